The normalized spacial score (nSPS) is 26.1. The van der Waals surface area contributed by atoms with Crippen LogP contribution in [0.1, 0.15) is 33.6 Å². The monoisotopic (exact) mass is 241 g/mol. The van der Waals surface area contributed by atoms with Crippen molar-refractivity contribution in [1.29, 1.82) is 0 Å². The van der Waals surface area contributed by atoms with Gasteiger partial charge in [0.15, 0.2) is 0 Å². The van der Waals surface area contributed by atoms with Gasteiger partial charge in [-0.25, -0.2) is 0 Å². The van der Waals surface area contributed by atoms with Crippen LogP contribution in [0.2, 0.25) is 0 Å². The molecule has 0 spiro atoms. The van der Waals surface area contributed by atoms with Crippen LogP contribution in [-0.4, -0.2) is 37.0 Å². The molecular formula is C12H23N3O2. The van der Waals surface area contributed by atoms with Crippen LogP contribution in [0, 0.1) is 5.92 Å². The van der Waals surface area contributed by atoms with E-state index in [0.717, 1.165) is 19.4 Å². The molecule has 3 N–H and O–H groups in total. The van der Waals surface area contributed by atoms with E-state index in [0.29, 0.717) is 12.5 Å². The van der Waals surface area contributed by atoms with E-state index in [1.165, 1.54) is 0 Å². The van der Waals surface area contributed by atoms with Crippen molar-refractivity contribution >= 4 is 11.8 Å². The molecule has 1 aliphatic heterocycles. The lowest BCUT2D eigenvalue weighted by Gasteiger charge is -2.28. The summed E-state index contributed by atoms with van der Waals surface area (Å²) in [4.78, 5) is 23.4. The smallest absolute Gasteiger partial charge is 0.242 e. The number of nitrogens with one attached hydrogen (secondary N) is 3. The summed E-state index contributed by atoms with van der Waals surface area (Å²) < 4.78 is 0. The Morgan fingerprint density at radius 2 is 2.18 bits per heavy atom. The summed E-state index contributed by atoms with van der Waals surface area (Å²) in [6, 6.07) is -0.628. The molecule has 0 aromatic rings. The first kappa shape index (κ1) is 14.0. The molecule has 0 saturated carbocycles. The Morgan fingerprint density at radius 1 is 1.47 bits per heavy atom. The molecule has 0 bridgehead atoms. The fraction of sp³-hybridized carbons (Fsp3) is 0.833. The summed E-state index contributed by atoms with van der Waals surface area (Å²) in [5.41, 5.74) is 0. The third kappa shape index (κ3) is 4.34. The highest BCUT2D eigenvalue weighted by molar-refractivity contribution is 5.89. The highest BCUT2D eigenvalue weighted by Gasteiger charge is 2.26. The summed E-state index contributed by atoms with van der Waals surface area (Å²) >= 11 is 0. The Balaban J connectivity index is 2.40. The number of hydrogen-bond acceptors (Lipinski definition) is 3. The third-order valence-corrected chi connectivity index (χ3v) is 3.09. The minimum atomic E-state index is -0.471. The molecule has 3 unspecified atom stereocenters. The van der Waals surface area contributed by atoms with E-state index in [2.05, 4.69) is 22.9 Å². The first-order valence-electron chi connectivity index (χ1n) is 6.36. The fourth-order valence-corrected chi connectivity index (χ4v) is 2.01. The molecule has 5 heteroatoms. The topological polar surface area (TPSA) is 70.2 Å². The standard InChI is InChI=1S/C12H23N3O2/c1-4-13-11(16)9(3)15-12(17)10-7-8(2)5-6-14-10/h8-10,14H,4-7H2,1-3H3,(H,13,16)(H,15,17). The van der Waals surface area contributed by atoms with Crippen LogP contribution < -0.4 is 16.0 Å². The molecule has 0 aromatic heterocycles. The first-order valence-corrected chi connectivity index (χ1v) is 6.36. The number of carbonyl (C=O) groups is 2. The van der Waals surface area contributed by atoms with Gasteiger partial charge >= 0.3 is 0 Å². The second-order valence-corrected chi connectivity index (χ2v) is 4.76. The molecule has 1 aliphatic rings. The lowest BCUT2D eigenvalue weighted by atomic mass is 9.94. The van der Waals surface area contributed by atoms with Crippen LogP contribution in [0.25, 0.3) is 0 Å². The maximum atomic E-state index is 11.9. The average molecular weight is 241 g/mol. The van der Waals surface area contributed by atoms with E-state index < -0.39 is 6.04 Å². The maximum Gasteiger partial charge on any atom is 0.242 e. The number of piperidine rings is 1. The van der Waals surface area contributed by atoms with Crippen LogP contribution >= 0.6 is 0 Å². The highest BCUT2D eigenvalue weighted by Crippen LogP contribution is 2.14. The van der Waals surface area contributed by atoms with Gasteiger partial charge < -0.3 is 16.0 Å². The van der Waals surface area contributed by atoms with Gasteiger partial charge in [-0.15, -0.1) is 0 Å². The number of likely N-dealkylation sites (N-methyl/N-ethyl adjacent to an activating group) is 1. The van der Waals surface area contributed by atoms with Gasteiger partial charge in [0.05, 0.1) is 6.04 Å². The minimum Gasteiger partial charge on any atom is -0.355 e. The lowest BCUT2D eigenvalue weighted by Crippen LogP contribution is -2.53. The first-order chi connectivity index (χ1) is 8.04. The average Bonchev–Trinajstić information content (AvgIpc) is 2.29. The molecule has 1 fully saturated rings. The van der Waals surface area contributed by atoms with Crippen LogP contribution in [0.5, 0.6) is 0 Å². The van der Waals surface area contributed by atoms with Gasteiger partial charge in [-0.2, -0.15) is 0 Å². The quantitative estimate of drug-likeness (QED) is 0.649. The zero-order valence-electron chi connectivity index (χ0n) is 10.9. The van der Waals surface area contributed by atoms with Crippen LogP contribution in [0.15, 0.2) is 0 Å². The molecular weight excluding hydrogens is 218 g/mol. The molecule has 1 saturated heterocycles. The van der Waals surface area contributed by atoms with Crippen LogP contribution in [-0.2, 0) is 9.59 Å². The molecule has 5 nitrogen and oxygen atoms in total. The van der Waals surface area contributed by atoms with E-state index in [-0.39, 0.29) is 17.9 Å². The van der Waals surface area contributed by atoms with Gasteiger partial charge in [-0.1, -0.05) is 6.92 Å². The van der Waals surface area contributed by atoms with Gasteiger partial charge in [0.2, 0.25) is 11.8 Å². The molecule has 17 heavy (non-hydrogen) atoms. The van der Waals surface area contributed by atoms with Crippen LogP contribution in [0.3, 0.4) is 0 Å². The van der Waals surface area contributed by atoms with Crippen molar-refractivity contribution in [2.75, 3.05) is 13.1 Å². The second kappa shape index (κ2) is 6.59. The van der Waals surface area contributed by atoms with Gasteiger partial charge in [-0.05, 0) is 39.2 Å². The summed E-state index contributed by atoms with van der Waals surface area (Å²) in [5.74, 6) is 0.354. The Morgan fingerprint density at radius 3 is 2.76 bits per heavy atom. The summed E-state index contributed by atoms with van der Waals surface area (Å²) in [5, 5.41) is 8.61. The van der Waals surface area contributed by atoms with Crippen molar-refractivity contribution in [3.8, 4) is 0 Å². The predicted molar refractivity (Wildman–Crippen MR) is 66.5 cm³/mol. The van der Waals surface area contributed by atoms with E-state index in [9.17, 15) is 9.59 Å². The van der Waals surface area contributed by atoms with Crippen molar-refractivity contribution in [3.63, 3.8) is 0 Å². The Bertz CT molecular complexity index is 281. The molecule has 0 aromatic carbocycles. The van der Waals surface area contributed by atoms with Gasteiger partial charge in [0.1, 0.15) is 6.04 Å². The number of amides is 2. The van der Waals surface area contributed by atoms with E-state index >= 15 is 0 Å². The molecule has 0 radical (unpaired) electrons. The van der Waals surface area contributed by atoms with E-state index in [1.807, 2.05) is 6.92 Å². The molecule has 98 valence electrons. The molecule has 0 aliphatic carbocycles. The zero-order chi connectivity index (χ0) is 12.8. The SMILES string of the molecule is CCNC(=O)C(C)NC(=O)C1CC(C)CCN1. The maximum absolute atomic E-state index is 11.9. The summed E-state index contributed by atoms with van der Waals surface area (Å²) in [6.45, 7) is 7.16. The minimum absolute atomic E-state index is 0.0738. The van der Waals surface area contributed by atoms with Crippen molar-refractivity contribution < 1.29 is 9.59 Å². The Kier molecular flexibility index (Phi) is 5.41. The van der Waals surface area contributed by atoms with Crippen LogP contribution in [0.4, 0.5) is 0 Å². The van der Waals surface area contributed by atoms with Crippen molar-refractivity contribution in [2.24, 2.45) is 5.92 Å². The van der Waals surface area contributed by atoms with E-state index in [1.54, 1.807) is 6.92 Å². The van der Waals surface area contributed by atoms with Gasteiger partial charge in [-0.3, -0.25) is 9.59 Å². The molecule has 1 heterocycles. The number of rotatable bonds is 4. The summed E-state index contributed by atoms with van der Waals surface area (Å²) in [7, 11) is 0. The number of hydrogen-bond donors (Lipinski definition) is 3. The van der Waals surface area contributed by atoms with Crippen molar-refractivity contribution in [2.45, 2.75) is 45.7 Å². The van der Waals surface area contributed by atoms with Gasteiger partial charge in [0.25, 0.3) is 0 Å². The second-order valence-electron chi connectivity index (χ2n) is 4.76. The highest BCUT2D eigenvalue weighted by atomic mass is 16.2. The zero-order valence-corrected chi connectivity index (χ0v) is 10.9. The van der Waals surface area contributed by atoms with Gasteiger partial charge in [0, 0.05) is 6.54 Å². The third-order valence-electron chi connectivity index (χ3n) is 3.09. The van der Waals surface area contributed by atoms with Crippen molar-refractivity contribution in [1.82, 2.24) is 16.0 Å². The Hall–Kier alpha value is -1.10. The summed E-state index contributed by atoms with van der Waals surface area (Å²) in [6.07, 6.45) is 1.95. The molecule has 1 rings (SSSR count). The largest absolute Gasteiger partial charge is 0.355 e. The number of carbonyl (C=O) groups excluding carboxylic acids is 2. The molecule has 3 atom stereocenters. The molecule has 2 amide bonds. The fourth-order valence-electron chi connectivity index (χ4n) is 2.01. The lowest BCUT2D eigenvalue weighted by molar-refractivity contribution is -0.130. The van der Waals surface area contributed by atoms with Crippen molar-refractivity contribution in [3.05, 3.63) is 0 Å². The Labute approximate surface area is 103 Å². The predicted octanol–water partition coefficient (Wildman–Crippen LogP) is 0.0153. The van der Waals surface area contributed by atoms with E-state index in [4.69, 9.17) is 0 Å².